The molecule has 6 N–H and O–H groups in total. The third-order valence-electron chi connectivity index (χ3n) is 3.04. The van der Waals surface area contributed by atoms with E-state index in [2.05, 4.69) is 4.52 Å². The van der Waals surface area contributed by atoms with E-state index in [9.17, 15) is 28.7 Å². The van der Waals surface area contributed by atoms with Gasteiger partial charge >= 0.3 is 21.2 Å². The normalized spacial score (nSPS) is 27.1. The summed E-state index contributed by atoms with van der Waals surface area (Å²) < 4.78 is 32.9. The summed E-state index contributed by atoms with van der Waals surface area (Å²) in [5.41, 5.74) is -1.38. The molecule has 1 aliphatic rings. The number of rotatable bonds is 6. The van der Waals surface area contributed by atoms with E-state index in [0.717, 1.165) is 21.7 Å². The fourth-order valence-corrected chi connectivity index (χ4v) is 3.95. The molecule has 15 heteroatoms. The van der Waals surface area contributed by atoms with Crippen LogP contribution in [-0.4, -0.2) is 48.2 Å². The highest BCUT2D eigenvalue weighted by Gasteiger charge is 2.38. The first-order chi connectivity index (χ1) is 11.0. The van der Waals surface area contributed by atoms with Crippen molar-refractivity contribution in [2.24, 2.45) is 0 Å². The maximum absolute atomic E-state index is 11.6. The predicted octanol–water partition coefficient (Wildman–Crippen LogP) is -2.02. The Morgan fingerprint density at radius 2 is 2.04 bits per heavy atom. The SMILES string of the molecule is O=c1ccn([C@H]2C[C@@H](O)[C@H](COP(=O)(O)NP(=O)(O)O)O2)c(=O)[nH]1. The molecule has 2 rings (SSSR count). The van der Waals surface area contributed by atoms with Crippen LogP contribution in [0.4, 0.5) is 0 Å². The van der Waals surface area contributed by atoms with E-state index in [1.165, 1.54) is 0 Å². The Morgan fingerprint density at radius 1 is 1.38 bits per heavy atom. The van der Waals surface area contributed by atoms with Crippen LogP contribution in [0.3, 0.4) is 0 Å². The van der Waals surface area contributed by atoms with E-state index in [1.54, 1.807) is 0 Å². The van der Waals surface area contributed by atoms with Gasteiger partial charge in [0, 0.05) is 18.7 Å². The highest BCUT2D eigenvalue weighted by atomic mass is 31.3. The molecule has 0 bridgehead atoms. The number of nitrogens with zero attached hydrogens (tertiary/aromatic N) is 1. The summed E-state index contributed by atoms with van der Waals surface area (Å²) in [4.78, 5) is 52.2. The zero-order chi connectivity index (χ0) is 18.1. The minimum absolute atomic E-state index is 0.0678. The maximum Gasteiger partial charge on any atom is 0.412 e. The van der Waals surface area contributed by atoms with Crippen molar-refractivity contribution in [2.75, 3.05) is 6.61 Å². The minimum atomic E-state index is -5.01. The minimum Gasteiger partial charge on any atom is -0.390 e. The van der Waals surface area contributed by atoms with Crippen LogP contribution >= 0.6 is 15.5 Å². The van der Waals surface area contributed by atoms with Crippen molar-refractivity contribution in [1.29, 1.82) is 0 Å². The van der Waals surface area contributed by atoms with Crippen LogP contribution in [0.15, 0.2) is 21.9 Å². The van der Waals surface area contributed by atoms with Crippen molar-refractivity contribution in [3.63, 3.8) is 0 Å². The lowest BCUT2D eigenvalue weighted by Gasteiger charge is -2.18. The van der Waals surface area contributed by atoms with Gasteiger partial charge in [0.05, 0.1) is 12.7 Å². The second-order valence-corrected chi connectivity index (χ2v) is 8.10. The molecule has 13 nitrogen and oxygen atoms in total. The van der Waals surface area contributed by atoms with Crippen molar-refractivity contribution in [1.82, 2.24) is 14.4 Å². The molecule has 0 radical (unpaired) electrons. The first kappa shape index (κ1) is 19.2. The third-order valence-corrected chi connectivity index (χ3v) is 5.59. The lowest BCUT2D eigenvalue weighted by atomic mass is 10.2. The molecule has 0 saturated carbocycles. The van der Waals surface area contributed by atoms with Gasteiger partial charge in [-0.25, -0.2) is 13.9 Å². The molecule has 1 saturated heterocycles. The number of hydrogen-bond acceptors (Lipinski definition) is 7. The highest BCUT2D eigenvalue weighted by Crippen LogP contribution is 2.48. The van der Waals surface area contributed by atoms with Gasteiger partial charge in [-0.2, -0.15) is 0 Å². The Morgan fingerprint density at radius 3 is 2.62 bits per heavy atom. The maximum atomic E-state index is 11.6. The van der Waals surface area contributed by atoms with Crippen molar-refractivity contribution in [3.8, 4) is 0 Å². The molecule has 1 aromatic rings. The second kappa shape index (κ2) is 7.00. The van der Waals surface area contributed by atoms with Crippen LogP contribution < -0.4 is 16.1 Å². The van der Waals surface area contributed by atoms with E-state index in [4.69, 9.17) is 14.5 Å². The summed E-state index contributed by atoms with van der Waals surface area (Å²) in [5, 5.41) is 9.86. The lowest BCUT2D eigenvalue weighted by Crippen LogP contribution is -2.31. The van der Waals surface area contributed by atoms with E-state index in [-0.39, 0.29) is 6.42 Å². The van der Waals surface area contributed by atoms with Gasteiger partial charge in [0.1, 0.15) is 12.3 Å². The number of aliphatic hydroxyl groups excluding tert-OH is 1. The molecule has 0 spiro atoms. The molecule has 1 aromatic heterocycles. The molecular weight excluding hydrogens is 372 g/mol. The summed E-state index contributed by atoms with van der Waals surface area (Å²) in [6.45, 7) is -0.670. The Balaban J connectivity index is 2.01. The molecule has 2 heterocycles. The van der Waals surface area contributed by atoms with Crippen molar-refractivity contribution in [2.45, 2.75) is 24.9 Å². The van der Waals surface area contributed by atoms with Crippen LogP contribution in [0.1, 0.15) is 12.6 Å². The highest BCUT2D eigenvalue weighted by molar-refractivity contribution is 7.66. The van der Waals surface area contributed by atoms with E-state index >= 15 is 0 Å². The average Bonchev–Trinajstić information content (AvgIpc) is 2.75. The van der Waals surface area contributed by atoms with Gasteiger partial charge in [-0.15, -0.1) is 4.86 Å². The Kier molecular flexibility index (Phi) is 5.60. The van der Waals surface area contributed by atoms with Crippen LogP contribution in [0.25, 0.3) is 0 Å². The van der Waals surface area contributed by atoms with Gasteiger partial charge in [0.2, 0.25) is 0 Å². The van der Waals surface area contributed by atoms with Crippen molar-refractivity contribution >= 4 is 15.5 Å². The molecular formula is C9H15N3O10P2. The van der Waals surface area contributed by atoms with Crippen LogP contribution in [-0.2, 0) is 18.4 Å². The second-order valence-electron chi connectivity index (χ2n) is 4.91. The molecule has 24 heavy (non-hydrogen) atoms. The third kappa shape index (κ3) is 5.18. The van der Waals surface area contributed by atoms with Gasteiger partial charge in [-0.3, -0.25) is 18.9 Å². The van der Waals surface area contributed by atoms with Crippen molar-refractivity contribution in [3.05, 3.63) is 33.1 Å². The number of aromatic nitrogens is 2. The van der Waals surface area contributed by atoms with Crippen LogP contribution in [0, 0.1) is 0 Å². The zero-order valence-electron chi connectivity index (χ0n) is 11.9. The molecule has 1 unspecified atom stereocenters. The monoisotopic (exact) mass is 387 g/mol. The quantitative estimate of drug-likeness (QED) is 0.294. The fourth-order valence-electron chi connectivity index (χ4n) is 2.06. The van der Waals surface area contributed by atoms with E-state index in [0.29, 0.717) is 0 Å². The standard InChI is InChI=1S/C9H15N3O10P2/c13-5-3-8(12-2-1-7(14)10-9(12)15)22-6(5)4-21-24(19,20)11-23(16,17)18/h1-2,5-6,8,13H,3-4H2,(H,10,14,15)(H4,11,16,17,18,19,20)/t5-,6+,8-/m1/s1. The molecule has 1 fully saturated rings. The summed E-state index contributed by atoms with van der Waals surface area (Å²) in [7, 11) is -9.83. The number of H-pyrrole nitrogens is 1. The van der Waals surface area contributed by atoms with Gasteiger partial charge < -0.3 is 24.5 Å². The first-order valence-corrected chi connectivity index (χ1v) is 9.63. The number of aromatic amines is 1. The van der Waals surface area contributed by atoms with Gasteiger partial charge in [0.25, 0.3) is 5.56 Å². The number of ether oxygens (including phenoxy) is 1. The zero-order valence-corrected chi connectivity index (χ0v) is 13.7. The number of aliphatic hydroxyl groups is 1. The van der Waals surface area contributed by atoms with Gasteiger partial charge in [-0.05, 0) is 0 Å². The molecule has 1 aliphatic heterocycles. The summed E-state index contributed by atoms with van der Waals surface area (Å²) in [5.74, 6) is 0. The smallest absolute Gasteiger partial charge is 0.390 e. The Hall–Kier alpha value is -1.14. The molecule has 4 atom stereocenters. The Bertz CT molecular complexity index is 799. The average molecular weight is 387 g/mol. The van der Waals surface area contributed by atoms with Crippen LogP contribution in [0.5, 0.6) is 0 Å². The summed E-state index contributed by atoms with van der Waals surface area (Å²) in [6.07, 6.45) is -2.17. The van der Waals surface area contributed by atoms with E-state index < -0.39 is 51.8 Å². The largest absolute Gasteiger partial charge is 0.412 e. The van der Waals surface area contributed by atoms with Crippen LogP contribution in [0.2, 0.25) is 0 Å². The fraction of sp³-hybridized carbons (Fsp3) is 0.556. The topological polar surface area (TPSA) is 200 Å². The molecule has 136 valence electrons. The Labute approximate surface area is 133 Å². The molecule has 0 aliphatic carbocycles. The summed E-state index contributed by atoms with van der Waals surface area (Å²) >= 11 is 0. The number of nitrogens with one attached hydrogen (secondary N) is 2. The van der Waals surface area contributed by atoms with Gasteiger partial charge in [0.15, 0.2) is 0 Å². The predicted molar refractivity (Wildman–Crippen MR) is 76.8 cm³/mol. The molecule has 0 amide bonds. The number of hydrogen-bond donors (Lipinski definition) is 6. The van der Waals surface area contributed by atoms with E-state index in [1.807, 2.05) is 4.98 Å². The first-order valence-electron chi connectivity index (χ1n) is 6.44. The van der Waals surface area contributed by atoms with Gasteiger partial charge in [-0.1, -0.05) is 0 Å². The lowest BCUT2D eigenvalue weighted by molar-refractivity contribution is -0.0426. The summed E-state index contributed by atoms with van der Waals surface area (Å²) in [6, 6.07) is 1.08. The van der Waals surface area contributed by atoms with Crippen molar-refractivity contribution < 1.29 is 38.2 Å². The molecule has 0 aromatic carbocycles.